The van der Waals surface area contributed by atoms with Gasteiger partial charge in [0, 0.05) is 13.0 Å². The monoisotopic (exact) mass is 314 g/mol. The van der Waals surface area contributed by atoms with Crippen molar-refractivity contribution in [1.29, 1.82) is 0 Å². The molecular weight excluding hydrogens is 295 g/mol. The van der Waals surface area contributed by atoms with Crippen molar-refractivity contribution in [2.45, 2.75) is 25.5 Å². The number of para-hydroxylation sites is 2. The van der Waals surface area contributed by atoms with Crippen molar-refractivity contribution in [3.05, 3.63) is 65.7 Å². The lowest BCUT2D eigenvalue weighted by atomic mass is 10.1. The van der Waals surface area contributed by atoms with Gasteiger partial charge in [0.1, 0.15) is 11.6 Å². The van der Waals surface area contributed by atoms with Gasteiger partial charge in [0.2, 0.25) is 0 Å². The third-order valence-electron chi connectivity index (χ3n) is 3.90. The Morgan fingerprint density at radius 3 is 2.57 bits per heavy atom. The second kappa shape index (κ2) is 6.89. The second-order valence-electron chi connectivity index (χ2n) is 5.52. The zero-order valence-electron chi connectivity index (χ0n) is 12.7. The molecule has 2 aromatic carbocycles. The summed E-state index contributed by atoms with van der Waals surface area (Å²) in [5.41, 5.74) is 2.48. The van der Waals surface area contributed by atoms with Crippen LogP contribution in [0.25, 0.3) is 11.0 Å². The van der Waals surface area contributed by atoms with Gasteiger partial charge in [-0.15, -0.1) is 0 Å². The molecule has 5 heteroatoms. The van der Waals surface area contributed by atoms with Crippen molar-refractivity contribution in [3.63, 3.8) is 0 Å². The van der Waals surface area contributed by atoms with E-state index in [1.807, 2.05) is 28.8 Å². The predicted octanol–water partition coefficient (Wildman–Crippen LogP) is 2.83. The number of rotatable bonds is 6. The molecule has 120 valence electrons. The molecule has 0 saturated carbocycles. The molecule has 4 nitrogen and oxygen atoms in total. The molecule has 0 aliphatic rings. The summed E-state index contributed by atoms with van der Waals surface area (Å²) in [6.07, 6.45) is 0.512. The maximum atomic E-state index is 13.0. The minimum absolute atomic E-state index is 0.101. The lowest BCUT2D eigenvalue weighted by Crippen LogP contribution is -2.12. The summed E-state index contributed by atoms with van der Waals surface area (Å²) in [7, 11) is 0. The minimum Gasteiger partial charge on any atom is -0.396 e. The fraction of sp³-hybridized carbons (Fsp3) is 0.278. The highest BCUT2D eigenvalue weighted by Crippen LogP contribution is 2.22. The van der Waals surface area contributed by atoms with Crippen LogP contribution in [0.2, 0.25) is 0 Å². The van der Waals surface area contributed by atoms with Crippen molar-refractivity contribution in [2.24, 2.45) is 0 Å². The summed E-state index contributed by atoms with van der Waals surface area (Å²) >= 11 is 0. The van der Waals surface area contributed by atoms with Crippen LogP contribution in [-0.4, -0.2) is 26.4 Å². The molecule has 0 bridgehead atoms. The number of halogens is 1. The lowest BCUT2D eigenvalue weighted by molar-refractivity contribution is 0.156. The molecule has 3 aromatic rings. The van der Waals surface area contributed by atoms with Crippen molar-refractivity contribution in [3.8, 4) is 0 Å². The van der Waals surface area contributed by atoms with Crippen LogP contribution >= 0.6 is 0 Å². The van der Waals surface area contributed by atoms with Crippen LogP contribution in [-0.2, 0) is 13.0 Å². The molecule has 1 unspecified atom stereocenters. The fourth-order valence-corrected chi connectivity index (χ4v) is 2.72. The van der Waals surface area contributed by atoms with Gasteiger partial charge >= 0.3 is 0 Å². The summed E-state index contributed by atoms with van der Waals surface area (Å²) < 4.78 is 15.0. The average molecular weight is 314 g/mol. The highest BCUT2D eigenvalue weighted by Gasteiger charge is 2.15. The number of aliphatic hydroxyl groups excluding tert-OH is 2. The average Bonchev–Trinajstić information content (AvgIpc) is 2.91. The van der Waals surface area contributed by atoms with E-state index in [0.29, 0.717) is 24.9 Å². The first kappa shape index (κ1) is 15.6. The third kappa shape index (κ3) is 3.41. The Balaban J connectivity index is 1.92. The Morgan fingerprint density at radius 1 is 1.09 bits per heavy atom. The number of nitrogens with zero attached hydrogens (tertiary/aromatic N) is 2. The number of aryl methyl sites for hydroxylation is 1. The molecule has 0 aliphatic carbocycles. The van der Waals surface area contributed by atoms with Crippen molar-refractivity contribution in [1.82, 2.24) is 9.55 Å². The zero-order valence-corrected chi connectivity index (χ0v) is 12.7. The summed E-state index contributed by atoms with van der Waals surface area (Å²) in [5, 5.41) is 19.5. The molecule has 1 aromatic heterocycles. The van der Waals surface area contributed by atoms with Gasteiger partial charge in [0.25, 0.3) is 0 Å². The standard InChI is InChI=1S/C18H19FN2O2/c19-14-9-7-13(8-10-14)17(23)12-21-16-5-2-1-4-15(16)20-18(21)6-3-11-22/h1-2,4-5,7-10,17,22-23H,3,6,11-12H2. The normalized spacial score (nSPS) is 12.7. The molecule has 0 amide bonds. The van der Waals surface area contributed by atoms with Gasteiger partial charge in [0.05, 0.1) is 23.7 Å². The van der Waals surface area contributed by atoms with Crippen molar-refractivity contribution < 1.29 is 14.6 Å². The topological polar surface area (TPSA) is 58.3 Å². The number of aliphatic hydroxyl groups is 2. The molecule has 0 spiro atoms. The van der Waals surface area contributed by atoms with E-state index in [2.05, 4.69) is 4.98 Å². The highest BCUT2D eigenvalue weighted by molar-refractivity contribution is 5.75. The maximum Gasteiger partial charge on any atom is 0.123 e. The first-order chi connectivity index (χ1) is 11.2. The molecule has 0 aliphatic heterocycles. The molecule has 2 N–H and O–H groups in total. The van der Waals surface area contributed by atoms with E-state index in [-0.39, 0.29) is 12.4 Å². The summed E-state index contributed by atoms with van der Waals surface area (Å²) in [6.45, 7) is 0.441. The fourth-order valence-electron chi connectivity index (χ4n) is 2.72. The Bertz CT molecular complexity index is 783. The van der Waals surface area contributed by atoms with E-state index in [1.165, 1.54) is 12.1 Å². The van der Waals surface area contributed by atoms with Crippen LogP contribution in [0.4, 0.5) is 4.39 Å². The molecule has 0 fully saturated rings. The smallest absolute Gasteiger partial charge is 0.123 e. The second-order valence-corrected chi connectivity index (χ2v) is 5.52. The lowest BCUT2D eigenvalue weighted by Gasteiger charge is -2.15. The highest BCUT2D eigenvalue weighted by atomic mass is 19.1. The van der Waals surface area contributed by atoms with E-state index in [1.54, 1.807) is 12.1 Å². The number of imidazole rings is 1. The third-order valence-corrected chi connectivity index (χ3v) is 3.90. The number of hydrogen-bond donors (Lipinski definition) is 2. The van der Waals surface area contributed by atoms with Gasteiger partial charge in [-0.3, -0.25) is 0 Å². The zero-order chi connectivity index (χ0) is 16.2. The van der Waals surface area contributed by atoms with Gasteiger partial charge in [-0.05, 0) is 36.2 Å². The SMILES string of the molecule is OCCCc1nc2ccccc2n1CC(O)c1ccc(F)cc1. The predicted molar refractivity (Wildman–Crippen MR) is 86.5 cm³/mol. The summed E-state index contributed by atoms with van der Waals surface area (Å²) in [6, 6.07) is 13.6. The van der Waals surface area contributed by atoms with Crippen molar-refractivity contribution >= 4 is 11.0 Å². The van der Waals surface area contributed by atoms with E-state index in [4.69, 9.17) is 5.11 Å². The molecule has 3 rings (SSSR count). The number of fused-ring (bicyclic) bond motifs is 1. The Kier molecular flexibility index (Phi) is 4.69. The first-order valence-electron chi connectivity index (χ1n) is 7.67. The Labute approximate surface area is 133 Å². The number of aromatic nitrogens is 2. The molecule has 1 atom stereocenters. The van der Waals surface area contributed by atoms with Crippen LogP contribution in [0.3, 0.4) is 0 Å². The van der Waals surface area contributed by atoms with Crippen LogP contribution in [0.15, 0.2) is 48.5 Å². The van der Waals surface area contributed by atoms with Crippen molar-refractivity contribution in [2.75, 3.05) is 6.61 Å². The van der Waals surface area contributed by atoms with E-state index in [0.717, 1.165) is 16.9 Å². The van der Waals surface area contributed by atoms with Crippen LogP contribution < -0.4 is 0 Å². The molecule has 23 heavy (non-hydrogen) atoms. The van der Waals surface area contributed by atoms with Crippen LogP contribution in [0.1, 0.15) is 23.9 Å². The molecule has 0 saturated heterocycles. The van der Waals surface area contributed by atoms with Gasteiger partial charge < -0.3 is 14.8 Å². The quantitative estimate of drug-likeness (QED) is 0.735. The van der Waals surface area contributed by atoms with Gasteiger partial charge in [-0.2, -0.15) is 0 Å². The van der Waals surface area contributed by atoms with Gasteiger partial charge in [-0.1, -0.05) is 24.3 Å². The molecule has 1 heterocycles. The molecular formula is C18H19FN2O2. The Hall–Kier alpha value is -2.24. The van der Waals surface area contributed by atoms with E-state index < -0.39 is 6.10 Å². The number of hydrogen-bond acceptors (Lipinski definition) is 3. The van der Waals surface area contributed by atoms with E-state index >= 15 is 0 Å². The summed E-state index contributed by atoms with van der Waals surface area (Å²) in [4.78, 5) is 4.59. The largest absolute Gasteiger partial charge is 0.396 e. The first-order valence-corrected chi connectivity index (χ1v) is 7.67. The number of benzene rings is 2. The van der Waals surface area contributed by atoms with Crippen LogP contribution in [0, 0.1) is 5.82 Å². The molecule has 0 radical (unpaired) electrons. The minimum atomic E-state index is -0.749. The van der Waals surface area contributed by atoms with Gasteiger partial charge in [-0.25, -0.2) is 9.37 Å². The maximum absolute atomic E-state index is 13.0. The Morgan fingerprint density at radius 2 is 1.83 bits per heavy atom. The summed E-state index contributed by atoms with van der Waals surface area (Å²) in [5.74, 6) is 0.513. The van der Waals surface area contributed by atoms with Crippen LogP contribution in [0.5, 0.6) is 0 Å². The van der Waals surface area contributed by atoms with Gasteiger partial charge in [0.15, 0.2) is 0 Å². The van der Waals surface area contributed by atoms with E-state index in [9.17, 15) is 9.50 Å².